The number of ether oxygens (including phenoxy) is 1. The van der Waals surface area contributed by atoms with Crippen molar-refractivity contribution in [2.75, 3.05) is 11.5 Å². The largest absolute Gasteiger partial charge is 0.433 e. The summed E-state index contributed by atoms with van der Waals surface area (Å²) in [6.45, 7) is 3.11. The molecule has 0 spiro atoms. The van der Waals surface area contributed by atoms with Crippen LogP contribution in [0.3, 0.4) is 0 Å². The van der Waals surface area contributed by atoms with Crippen LogP contribution in [0.5, 0.6) is 5.75 Å². The smallest absolute Gasteiger partial charge is 0.387 e. The zero-order valence-electron chi connectivity index (χ0n) is 19.7. The van der Waals surface area contributed by atoms with Crippen LogP contribution in [-0.2, 0) is 6.42 Å². The first-order valence-electron chi connectivity index (χ1n) is 11.6. The molecule has 184 valence electrons. The van der Waals surface area contributed by atoms with Crippen molar-refractivity contribution >= 4 is 34.4 Å². The molecular formula is C26H26ClF2N3O2S. The number of nitrogens with zero attached hydrogens (tertiary/aromatic N) is 3. The van der Waals surface area contributed by atoms with Gasteiger partial charge in [0.05, 0.1) is 21.7 Å². The van der Waals surface area contributed by atoms with E-state index in [0.29, 0.717) is 12.5 Å². The van der Waals surface area contributed by atoms with Crippen LogP contribution in [0.2, 0.25) is 5.02 Å². The summed E-state index contributed by atoms with van der Waals surface area (Å²) >= 11 is 8.16. The van der Waals surface area contributed by atoms with E-state index in [1.807, 2.05) is 25.6 Å². The van der Waals surface area contributed by atoms with Crippen LogP contribution < -0.4 is 4.74 Å². The standard InChI is InChI=1S/C26H26ClF2N3O2S/c1-14(10-17-4-7-23(20(27)11-17)33-26(28)29)25-30-21-12-18(24-15(2)31-34-16(24)3)5-6-22(21)32(25)19-8-9-35-13-19/h4-7,11-12,14,19,26H,8-10,13H2,1-3H3/t14-,19?/m0/s1. The van der Waals surface area contributed by atoms with Gasteiger partial charge in [-0.3, -0.25) is 0 Å². The van der Waals surface area contributed by atoms with E-state index in [4.69, 9.17) is 21.1 Å². The van der Waals surface area contributed by atoms with Crippen molar-refractivity contribution < 1.29 is 18.0 Å². The molecular weight excluding hydrogens is 492 g/mol. The molecule has 2 aromatic heterocycles. The molecule has 0 bridgehead atoms. The van der Waals surface area contributed by atoms with Gasteiger partial charge in [-0.25, -0.2) is 4.98 Å². The molecule has 0 aliphatic carbocycles. The van der Waals surface area contributed by atoms with Gasteiger partial charge in [-0.05, 0) is 67.8 Å². The van der Waals surface area contributed by atoms with Crippen molar-refractivity contribution in [1.82, 2.24) is 14.7 Å². The van der Waals surface area contributed by atoms with E-state index in [1.165, 1.54) is 6.07 Å². The molecule has 0 saturated carbocycles. The molecule has 9 heteroatoms. The first-order valence-corrected chi connectivity index (χ1v) is 13.1. The van der Waals surface area contributed by atoms with E-state index in [-0.39, 0.29) is 16.7 Å². The molecule has 35 heavy (non-hydrogen) atoms. The number of alkyl halides is 2. The highest BCUT2D eigenvalue weighted by atomic mass is 35.5. The van der Waals surface area contributed by atoms with Crippen molar-refractivity contribution in [2.24, 2.45) is 0 Å². The molecule has 1 aliphatic rings. The number of rotatable bonds is 7. The van der Waals surface area contributed by atoms with Crippen molar-refractivity contribution in [3.8, 4) is 16.9 Å². The topological polar surface area (TPSA) is 53.1 Å². The minimum absolute atomic E-state index is 0.0138. The molecule has 1 unspecified atom stereocenters. The lowest BCUT2D eigenvalue weighted by Crippen LogP contribution is -2.15. The highest BCUT2D eigenvalue weighted by molar-refractivity contribution is 7.99. The fraction of sp³-hybridized carbons (Fsp3) is 0.385. The van der Waals surface area contributed by atoms with Crippen LogP contribution in [0.4, 0.5) is 8.78 Å². The Morgan fingerprint density at radius 2 is 2.06 bits per heavy atom. The fourth-order valence-corrected chi connectivity index (χ4v) is 6.37. The molecule has 5 nitrogen and oxygen atoms in total. The zero-order valence-corrected chi connectivity index (χ0v) is 21.3. The maximum atomic E-state index is 12.6. The molecule has 5 rings (SSSR count). The first-order chi connectivity index (χ1) is 16.8. The van der Waals surface area contributed by atoms with Crippen LogP contribution in [-0.4, -0.2) is 32.8 Å². The molecule has 3 heterocycles. The van der Waals surface area contributed by atoms with Gasteiger partial charge in [0.2, 0.25) is 0 Å². The van der Waals surface area contributed by atoms with Gasteiger partial charge in [-0.1, -0.05) is 35.8 Å². The Hall–Kier alpha value is -2.58. The normalized spacial score (nSPS) is 16.9. The predicted molar refractivity (Wildman–Crippen MR) is 136 cm³/mol. The maximum absolute atomic E-state index is 12.6. The second-order valence-electron chi connectivity index (χ2n) is 9.01. The molecule has 4 aromatic rings. The fourth-order valence-electron chi connectivity index (χ4n) is 4.93. The summed E-state index contributed by atoms with van der Waals surface area (Å²) in [5, 5.41) is 4.28. The minimum atomic E-state index is -2.91. The summed E-state index contributed by atoms with van der Waals surface area (Å²) in [7, 11) is 0. The summed E-state index contributed by atoms with van der Waals surface area (Å²) in [6, 6.07) is 11.8. The summed E-state index contributed by atoms with van der Waals surface area (Å²) in [4.78, 5) is 5.11. The SMILES string of the molecule is Cc1noc(C)c1-c1ccc2c(c1)nc([C@@H](C)Cc1ccc(OC(F)F)c(Cl)c1)n2C1CCSC1. The molecule has 1 fully saturated rings. The second-order valence-corrected chi connectivity index (χ2v) is 10.6. The lowest BCUT2D eigenvalue weighted by atomic mass is 10.00. The quantitative estimate of drug-likeness (QED) is 0.253. The Labute approximate surface area is 211 Å². The van der Waals surface area contributed by atoms with E-state index in [2.05, 4.69) is 39.6 Å². The van der Waals surface area contributed by atoms with Gasteiger partial charge in [0.15, 0.2) is 0 Å². The van der Waals surface area contributed by atoms with Gasteiger partial charge >= 0.3 is 6.61 Å². The highest BCUT2D eigenvalue weighted by Crippen LogP contribution is 2.37. The van der Waals surface area contributed by atoms with Crippen LogP contribution in [0, 0.1) is 13.8 Å². The van der Waals surface area contributed by atoms with Crippen molar-refractivity contribution in [3.05, 3.63) is 64.3 Å². The molecule has 0 N–H and O–H groups in total. The predicted octanol–water partition coefficient (Wildman–Crippen LogP) is 7.59. The summed E-state index contributed by atoms with van der Waals surface area (Å²) in [5.74, 6) is 4.08. The molecule has 1 saturated heterocycles. The number of halogens is 3. The monoisotopic (exact) mass is 517 g/mol. The van der Waals surface area contributed by atoms with Gasteiger partial charge in [-0.15, -0.1) is 0 Å². The third kappa shape index (κ3) is 4.78. The number of aryl methyl sites for hydroxylation is 2. The Morgan fingerprint density at radius 3 is 2.71 bits per heavy atom. The third-order valence-electron chi connectivity index (χ3n) is 6.50. The number of aromatic nitrogens is 3. The van der Waals surface area contributed by atoms with Gasteiger partial charge in [0.25, 0.3) is 0 Å². The highest BCUT2D eigenvalue weighted by Gasteiger charge is 2.26. The van der Waals surface area contributed by atoms with Gasteiger partial charge in [0.1, 0.15) is 17.3 Å². The lowest BCUT2D eigenvalue weighted by molar-refractivity contribution is -0.0497. The average Bonchev–Trinajstić information content (AvgIpc) is 3.53. The van der Waals surface area contributed by atoms with Crippen molar-refractivity contribution in [2.45, 2.75) is 52.2 Å². The number of thioether (sulfide) groups is 1. The van der Waals surface area contributed by atoms with Crippen LogP contribution in [0.15, 0.2) is 40.9 Å². The van der Waals surface area contributed by atoms with Crippen LogP contribution in [0.25, 0.3) is 22.2 Å². The van der Waals surface area contributed by atoms with E-state index in [0.717, 1.165) is 62.9 Å². The molecule has 2 aromatic carbocycles. The summed E-state index contributed by atoms with van der Waals surface area (Å²) in [5.41, 5.74) is 5.92. The number of hydrogen-bond donors (Lipinski definition) is 0. The molecule has 1 aliphatic heterocycles. The Bertz CT molecular complexity index is 1340. The molecule has 2 atom stereocenters. The van der Waals surface area contributed by atoms with E-state index < -0.39 is 6.61 Å². The van der Waals surface area contributed by atoms with E-state index in [9.17, 15) is 8.78 Å². The third-order valence-corrected chi connectivity index (χ3v) is 7.94. The number of benzene rings is 2. The second kappa shape index (κ2) is 9.82. The lowest BCUT2D eigenvalue weighted by Gasteiger charge is -2.20. The zero-order chi connectivity index (χ0) is 24.7. The summed E-state index contributed by atoms with van der Waals surface area (Å²) in [6.07, 6.45) is 1.78. The van der Waals surface area contributed by atoms with Gasteiger partial charge < -0.3 is 13.8 Å². The van der Waals surface area contributed by atoms with E-state index >= 15 is 0 Å². The van der Waals surface area contributed by atoms with Gasteiger partial charge in [-0.2, -0.15) is 20.5 Å². The number of imidazole rings is 1. The Morgan fingerprint density at radius 1 is 1.23 bits per heavy atom. The summed E-state index contributed by atoms with van der Waals surface area (Å²) < 4.78 is 37.4. The van der Waals surface area contributed by atoms with Crippen molar-refractivity contribution in [1.29, 1.82) is 0 Å². The minimum Gasteiger partial charge on any atom is -0.433 e. The first kappa shape index (κ1) is 24.1. The van der Waals surface area contributed by atoms with Crippen LogP contribution in [0.1, 0.15) is 48.1 Å². The van der Waals surface area contributed by atoms with Gasteiger partial charge in [0, 0.05) is 23.3 Å². The Kier molecular flexibility index (Phi) is 6.77. The number of hydrogen-bond acceptors (Lipinski definition) is 5. The Balaban J connectivity index is 1.51. The van der Waals surface area contributed by atoms with E-state index in [1.54, 1.807) is 12.1 Å². The van der Waals surface area contributed by atoms with Crippen molar-refractivity contribution in [3.63, 3.8) is 0 Å². The maximum Gasteiger partial charge on any atom is 0.387 e. The molecule has 0 radical (unpaired) electrons. The number of fused-ring (bicyclic) bond motifs is 1. The van der Waals surface area contributed by atoms with Crippen LogP contribution >= 0.6 is 23.4 Å². The average molecular weight is 518 g/mol. The molecule has 0 amide bonds.